The van der Waals surface area contributed by atoms with Crippen LogP contribution >= 0.6 is 0 Å². The molecule has 0 aromatic heterocycles. The maximum absolute atomic E-state index is 12.2. The molecule has 102 valence electrons. The summed E-state index contributed by atoms with van der Waals surface area (Å²) in [6, 6.07) is 6.66. The molecule has 0 saturated heterocycles. The first kappa shape index (κ1) is 15.1. The van der Waals surface area contributed by atoms with E-state index in [0.717, 1.165) is 5.56 Å². The highest BCUT2D eigenvalue weighted by atomic mass is 32.2. The third-order valence-corrected chi connectivity index (χ3v) is 4.93. The molecule has 0 bridgehead atoms. The number of hydrogen-bond donors (Lipinski definition) is 2. The number of sulfonamides is 1. The zero-order valence-electron chi connectivity index (χ0n) is 11.1. The summed E-state index contributed by atoms with van der Waals surface area (Å²) in [5, 5.41) is 9.40. The van der Waals surface area contributed by atoms with E-state index >= 15 is 0 Å². The fourth-order valence-corrected chi connectivity index (χ4v) is 3.25. The van der Waals surface area contributed by atoms with E-state index in [2.05, 4.69) is 4.72 Å². The van der Waals surface area contributed by atoms with E-state index in [1.54, 1.807) is 24.3 Å². The molecule has 0 aliphatic heterocycles. The molecule has 18 heavy (non-hydrogen) atoms. The van der Waals surface area contributed by atoms with Crippen molar-refractivity contribution in [3.8, 4) is 0 Å². The fourth-order valence-electron chi connectivity index (χ4n) is 1.71. The van der Waals surface area contributed by atoms with E-state index in [-0.39, 0.29) is 11.5 Å². The first-order chi connectivity index (χ1) is 8.39. The fraction of sp³-hybridized carbons (Fsp3) is 0.538. The van der Waals surface area contributed by atoms with Crippen LogP contribution in [0.5, 0.6) is 0 Å². The summed E-state index contributed by atoms with van der Waals surface area (Å²) in [7, 11) is -3.58. The Morgan fingerprint density at radius 2 is 1.67 bits per heavy atom. The Balaban J connectivity index is 3.04. The Labute approximate surface area is 109 Å². The second-order valence-corrected chi connectivity index (χ2v) is 6.25. The lowest BCUT2D eigenvalue weighted by atomic mass is 9.96. The topological polar surface area (TPSA) is 66.4 Å². The van der Waals surface area contributed by atoms with Crippen LogP contribution in [0.3, 0.4) is 0 Å². The van der Waals surface area contributed by atoms with Crippen LogP contribution < -0.4 is 4.72 Å². The van der Waals surface area contributed by atoms with Gasteiger partial charge < -0.3 is 5.11 Å². The summed E-state index contributed by atoms with van der Waals surface area (Å²) in [5.74, 6) is 0. The van der Waals surface area contributed by atoms with Crippen LogP contribution in [0.4, 0.5) is 0 Å². The highest BCUT2D eigenvalue weighted by molar-refractivity contribution is 7.89. The van der Waals surface area contributed by atoms with Crippen LogP contribution in [-0.2, 0) is 10.0 Å². The zero-order chi connectivity index (χ0) is 13.8. The van der Waals surface area contributed by atoms with Crippen molar-refractivity contribution in [1.29, 1.82) is 0 Å². The third-order valence-electron chi connectivity index (χ3n) is 3.34. The van der Waals surface area contributed by atoms with Gasteiger partial charge in [-0.25, -0.2) is 13.1 Å². The summed E-state index contributed by atoms with van der Waals surface area (Å²) in [5.41, 5.74) is 0.234. The normalized spacial score (nSPS) is 12.7. The van der Waals surface area contributed by atoms with Crippen molar-refractivity contribution in [2.75, 3.05) is 6.61 Å². The maximum Gasteiger partial charge on any atom is 0.241 e. The molecule has 4 nitrogen and oxygen atoms in total. The van der Waals surface area contributed by atoms with Crippen LogP contribution in [0, 0.1) is 6.92 Å². The highest BCUT2D eigenvalue weighted by Crippen LogP contribution is 2.19. The minimum Gasteiger partial charge on any atom is -0.394 e. The molecule has 0 radical (unpaired) electrons. The molecule has 1 aromatic rings. The van der Waals surface area contributed by atoms with Crippen LogP contribution in [-0.4, -0.2) is 25.7 Å². The molecule has 0 heterocycles. The van der Waals surface area contributed by atoms with Crippen molar-refractivity contribution < 1.29 is 13.5 Å². The van der Waals surface area contributed by atoms with E-state index in [9.17, 15) is 13.5 Å². The molecule has 1 rings (SSSR count). The zero-order valence-corrected chi connectivity index (χ0v) is 11.9. The van der Waals surface area contributed by atoms with Crippen molar-refractivity contribution in [1.82, 2.24) is 4.72 Å². The molecule has 0 unspecified atom stereocenters. The number of hydrogen-bond acceptors (Lipinski definition) is 3. The molecule has 0 spiro atoms. The lowest BCUT2D eigenvalue weighted by molar-refractivity contribution is 0.172. The van der Waals surface area contributed by atoms with Crippen LogP contribution in [0.25, 0.3) is 0 Å². The predicted molar refractivity (Wildman–Crippen MR) is 71.9 cm³/mol. The Morgan fingerprint density at radius 1 is 1.17 bits per heavy atom. The van der Waals surface area contributed by atoms with Gasteiger partial charge in [-0.1, -0.05) is 31.5 Å². The summed E-state index contributed by atoms with van der Waals surface area (Å²) in [6.45, 7) is 5.42. The largest absolute Gasteiger partial charge is 0.394 e. The predicted octanol–water partition coefficient (Wildman–Crippen LogP) is 1.82. The lowest BCUT2D eigenvalue weighted by Crippen LogP contribution is -2.50. The van der Waals surface area contributed by atoms with Gasteiger partial charge in [-0.3, -0.25) is 0 Å². The minimum absolute atomic E-state index is 0.203. The SMILES string of the molecule is CCC(CC)(CO)NS(=O)(=O)c1ccc(C)cc1. The standard InChI is InChI=1S/C13H21NO3S/c1-4-13(5-2,10-15)14-18(16,17)12-8-6-11(3)7-9-12/h6-9,14-15H,4-5,10H2,1-3H3. The maximum atomic E-state index is 12.2. The second-order valence-electron chi connectivity index (χ2n) is 4.56. The molecule has 2 N–H and O–H groups in total. The molecule has 0 aliphatic carbocycles. The average molecular weight is 271 g/mol. The Morgan fingerprint density at radius 3 is 2.06 bits per heavy atom. The van der Waals surface area contributed by atoms with Crippen molar-refractivity contribution in [2.45, 2.75) is 44.0 Å². The lowest BCUT2D eigenvalue weighted by Gasteiger charge is -2.30. The molecule has 0 fully saturated rings. The molecular formula is C13H21NO3S. The number of nitrogens with one attached hydrogen (secondary N) is 1. The van der Waals surface area contributed by atoms with Crippen molar-refractivity contribution in [2.24, 2.45) is 0 Å². The Hall–Kier alpha value is -0.910. The van der Waals surface area contributed by atoms with Gasteiger partial charge in [0.2, 0.25) is 10.0 Å². The first-order valence-corrected chi connectivity index (χ1v) is 7.59. The Kier molecular flexibility index (Phi) is 4.90. The van der Waals surface area contributed by atoms with Gasteiger partial charge in [-0.2, -0.15) is 0 Å². The number of aryl methyl sites for hydroxylation is 1. The molecular weight excluding hydrogens is 250 g/mol. The number of aliphatic hydroxyl groups is 1. The van der Waals surface area contributed by atoms with E-state index in [4.69, 9.17) is 0 Å². The first-order valence-electron chi connectivity index (χ1n) is 6.10. The van der Waals surface area contributed by atoms with Gasteiger partial charge in [0.25, 0.3) is 0 Å². The summed E-state index contributed by atoms with van der Waals surface area (Å²) < 4.78 is 27.0. The van der Waals surface area contributed by atoms with E-state index in [0.29, 0.717) is 12.8 Å². The molecule has 0 atom stereocenters. The van der Waals surface area contributed by atoms with Gasteiger partial charge in [-0.15, -0.1) is 0 Å². The molecule has 5 heteroatoms. The monoisotopic (exact) mass is 271 g/mol. The number of aliphatic hydroxyl groups excluding tert-OH is 1. The quantitative estimate of drug-likeness (QED) is 0.829. The van der Waals surface area contributed by atoms with Gasteiger partial charge in [0.05, 0.1) is 17.0 Å². The van der Waals surface area contributed by atoms with Crippen LogP contribution in [0.2, 0.25) is 0 Å². The van der Waals surface area contributed by atoms with Gasteiger partial charge in [-0.05, 0) is 31.9 Å². The van der Waals surface area contributed by atoms with E-state index in [1.807, 2.05) is 20.8 Å². The molecule has 0 aliphatic rings. The van der Waals surface area contributed by atoms with Gasteiger partial charge >= 0.3 is 0 Å². The van der Waals surface area contributed by atoms with E-state index in [1.165, 1.54) is 0 Å². The van der Waals surface area contributed by atoms with Crippen LogP contribution in [0.1, 0.15) is 32.3 Å². The van der Waals surface area contributed by atoms with Crippen LogP contribution in [0.15, 0.2) is 29.2 Å². The Bertz CT molecular complexity index is 467. The third kappa shape index (κ3) is 3.31. The highest BCUT2D eigenvalue weighted by Gasteiger charge is 2.31. The second kappa shape index (κ2) is 5.82. The number of rotatable bonds is 6. The van der Waals surface area contributed by atoms with Gasteiger partial charge in [0.1, 0.15) is 0 Å². The smallest absolute Gasteiger partial charge is 0.241 e. The van der Waals surface area contributed by atoms with Crippen molar-refractivity contribution in [3.63, 3.8) is 0 Å². The van der Waals surface area contributed by atoms with Crippen molar-refractivity contribution >= 4 is 10.0 Å². The summed E-state index contributed by atoms with van der Waals surface area (Å²) in [4.78, 5) is 0.229. The molecule has 1 aromatic carbocycles. The van der Waals surface area contributed by atoms with E-state index < -0.39 is 15.6 Å². The van der Waals surface area contributed by atoms with Crippen molar-refractivity contribution in [3.05, 3.63) is 29.8 Å². The number of benzene rings is 1. The average Bonchev–Trinajstić information content (AvgIpc) is 2.37. The minimum atomic E-state index is -3.58. The van der Waals surface area contributed by atoms with Gasteiger partial charge in [0.15, 0.2) is 0 Å². The summed E-state index contributed by atoms with van der Waals surface area (Å²) >= 11 is 0. The molecule has 0 amide bonds. The summed E-state index contributed by atoms with van der Waals surface area (Å²) in [6.07, 6.45) is 1.09. The van der Waals surface area contributed by atoms with Gasteiger partial charge in [0, 0.05) is 0 Å². The molecule has 0 saturated carbocycles.